The molecule has 0 aromatic carbocycles. The zero-order valence-electron chi connectivity index (χ0n) is 11.5. The Labute approximate surface area is 105 Å². The van der Waals surface area contributed by atoms with E-state index in [-0.39, 0.29) is 0 Å². The lowest BCUT2D eigenvalue weighted by Crippen LogP contribution is -2.27. The van der Waals surface area contributed by atoms with Gasteiger partial charge in [0, 0.05) is 12.7 Å². The van der Waals surface area contributed by atoms with Crippen LogP contribution in [0.3, 0.4) is 0 Å². The minimum atomic E-state index is 0.476. The maximum absolute atomic E-state index is 4.44. The maximum Gasteiger partial charge on any atom is 0.0556 e. The molecule has 3 nitrogen and oxygen atoms in total. The van der Waals surface area contributed by atoms with Crippen molar-refractivity contribution in [2.24, 2.45) is 11.3 Å². The van der Waals surface area contributed by atoms with E-state index in [0.29, 0.717) is 11.5 Å². The van der Waals surface area contributed by atoms with Crippen molar-refractivity contribution in [1.29, 1.82) is 0 Å². The van der Waals surface area contributed by atoms with Gasteiger partial charge in [-0.2, -0.15) is 5.10 Å². The number of rotatable bonds is 6. The van der Waals surface area contributed by atoms with Gasteiger partial charge in [0.1, 0.15) is 0 Å². The zero-order valence-corrected chi connectivity index (χ0v) is 11.5. The molecule has 2 unspecified atom stereocenters. The SMILES string of the molecule is CCCn1nccc1C(NCC)C1CC1(C)C. The highest BCUT2D eigenvalue weighted by Gasteiger charge is 2.50. The van der Waals surface area contributed by atoms with E-state index in [4.69, 9.17) is 0 Å². The normalized spacial score (nSPS) is 23.6. The smallest absolute Gasteiger partial charge is 0.0556 e. The molecule has 1 aromatic rings. The van der Waals surface area contributed by atoms with Crippen LogP contribution in [0.1, 0.15) is 52.3 Å². The minimum Gasteiger partial charge on any atom is -0.309 e. The third kappa shape index (κ3) is 2.54. The van der Waals surface area contributed by atoms with Crippen LogP contribution < -0.4 is 5.32 Å². The Hall–Kier alpha value is -0.830. The molecular weight excluding hydrogens is 210 g/mol. The lowest BCUT2D eigenvalue weighted by molar-refractivity contribution is 0.393. The topological polar surface area (TPSA) is 29.9 Å². The Morgan fingerprint density at radius 3 is 2.76 bits per heavy atom. The molecule has 2 atom stereocenters. The fourth-order valence-electron chi connectivity index (χ4n) is 2.76. The number of hydrogen-bond acceptors (Lipinski definition) is 2. The van der Waals surface area contributed by atoms with Gasteiger partial charge in [-0.15, -0.1) is 0 Å². The first-order valence-electron chi connectivity index (χ1n) is 6.85. The van der Waals surface area contributed by atoms with Gasteiger partial charge in [0.15, 0.2) is 0 Å². The molecule has 1 saturated carbocycles. The van der Waals surface area contributed by atoms with E-state index in [1.165, 1.54) is 12.1 Å². The number of nitrogens with zero attached hydrogens (tertiary/aromatic N) is 2. The van der Waals surface area contributed by atoms with Crippen molar-refractivity contribution < 1.29 is 0 Å². The molecule has 1 aliphatic carbocycles. The third-order valence-electron chi connectivity index (χ3n) is 3.92. The van der Waals surface area contributed by atoms with E-state index in [1.807, 2.05) is 6.20 Å². The molecule has 1 fully saturated rings. The van der Waals surface area contributed by atoms with Crippen LogP contribution in [0.2, 0.25) is 0 Å². The van der Waals surface area contributed by atoms with Crippen LogP contribution in [-0.2, 0) is 6.54 Å². The zero-order chi connectivity index (χ0) is 12.5. The molecule has 1 heterocycles. The number of aryl methyl sites for hydroxylation is 1. The summed E-state index contributed by atoms with van der Waals surface area (Å²) in [4.78, 5) is 0. The van der Waals surface area contributed by atoms with E-state index in [9.17, 15) is 0 Å². The molecule has 2 rings (SSSR count). The quantitative estimate of drug-likeness (QED) is 0.821. The number of nitrogens with one attached hydrogen (secondary N) is 1. The van der Waals surface area contributed by atoms with E-state index < -0.39 is 0 Å². The van der Waals surface area contributed by atoms with E-state index in [0.717, 1.165) is 25.4 Å². The molecule has 96 valence electrons. The van der Waals surface area contributed by atoms with Gasteiger partial charge in [-0.05, 0) is 36.8 Å². The standard InChI is InChI=1S/C14H25N3/c1-5-9-17-12(7-8-16-17)13(15-6-2)11-10-14(11,3)4/h7-8,11,13,15H,5-6,9-10H2,1-4H3. The Morgan fingerprint density at radius 1 is 1.53 bits per heavy atom. The lowest BCUT2D eigenvalue weighted by atomic mass is 10.0. The predicted molar refractivity (Wildman–Crippen MR) is 70.8 cm³/mol. The van der Waals surface area contributed by atoms with E-state index in [1.54, 1.807) is 0 Å². The second-order valence-electron chi connectivity index (χ2n) is 5.81. The summed E-state index contributed by atoms with van der Waals surface area (Å²) in [6, 6.07) is 2.65. The predicted octanol–water partition coefficient (Wildman–Crippen LogP) is 2.99. The van der Waals surface area contributed by atoms with Crippen LogP contribution >= 0.6 is 0 Å². The molecule has 3 heteroatoms. The Kier molecular flexibility index (Phi) is 3.57. The van der Waals surface area contributed by atoms with Crippen molar-refractivity contribution in [2.75, 3.05) is 6.54 Å². The second-order valence-corrected chi connectivity index (χ2v) is 5.81. The van der Waals surface area contributed by atoms with Crippen LogP contribution in [0, 0.1) is 11.3 Å². The molecule has 0 spiro atoms. The molecule has 0 bridgehead atoms. The summed E-state index contributed by atoms with van der Waals surface area (Å²) in [5.41, 5.74) is 1.86. The second kappa shape index (κ2) is 4.81. The Balaban J connectivity index is 2.18. The summed E-state index contributed by atoms with van der Waals surface area (Å²) < 4.78 is 2.17. The average Bonchev–Trinajstić information content (AvgIpc) is 2.72. The molecule has 17 heavy (non-hydrogen) atoms. The van der Waals surface area contributed by atoms with Gasteiger partial charge in [0.25, 0.3) is 0 Å². The summed E-state index contributed by atoms with van der Waals surface area (Å²) in [7, 11) is 0. The fourth-order valence-corrected chi connectivity index (χ4v) is 2.76. The molecule has 0 aliphatic heterocycles. The summed E-state index contributed by atoms with van der Waals surface area (Å²) >= 11 is 0. The minimum absolute atomic E-state index is 0.476. The van der Waals surface area contributed by atoms with Gasteiger partial charge >= 0.3 is 0 Å². The van der Waals surface area contributed by atoms with Gasteiger partial charge in [-0.1, -0.05) is 27.7 Å². The first-order valence-corrected chi connectivity index (χ1v) is 6.85. The van der Waals surface area contributed by atoms with Gasteiger partial charge in [-0.25, -0.2) is 0 Å². The van der Waals surface area contributed by atoms with Crippen LogP contribution in [0.25, 0.3) is 0 Å². The fraction of sp³-hybridized carbons (Fsp3) is 0.786. The largest absolute Gasteiger partial charge is 0.309 e. The van der Waals surface area contributed by atoms with Crippen molar-refractivity contribution in [3.63, 3.8) is 0 Å². The van der Waals surface area contributed by atoms with Crippen molar-refractivity contribution in [1.82, 2.24) is 15.1 Å². The molecule has 1 N–H and O–H groups in total. The molecule has 0 radical (unpaired) electrons. The highest BCUT2D eigenvalue weighted by atomic mass is 15.3. The molecular formula is C14H25N3. The van der Waals surface area contributed by atoms with Gasteiger partial charge in [0.2, 0.25) is 0 Å². The van der Waals surface area contributed by atoms with Crippen molar-refractivity contribution in [3.05, 3.63) is 18.0 Å². The van der Waals surface area contributed by atoms with Crippen molar-refractivity contribution >= 4 is 0 Å². The number of aromatic nitrogens is 2. The van der Waals surface area contributed by atoms with Crippen LogP contribution in [0.15, 0.2) is 12.3 Å². The Morgan fingerprint density at radius 2 is 2.24 bits per heavy atom. The van der Waals surface area contributed by atoms with Crippen LogP contribution in [0.5, 0.6) is 0 Å². The monoisotopic (exact) mass is 235 g/mol. The summed E-state index contributed by atoms with van der Waals surface area (Å²) in [6.45, 7) is 11.2. The lowest BCUT2D eigenvalue weighted by Gasteiger charge is -2.21. The summed E-state index contributed by atoms with van der Waals surface area (Å²) in [5, 5.41) is 8.08. The van der Waals surface area contributed by atoms with Crippen LogP contribution in [0.4, 0.5) is 0 Å². The molecule has 0 saturated heterocycles. The summed E-state index contributed by atoms with van der Waals surface area (Å²) in [6.07, 6.45) is 4.40. The van der Waals surface area contributed by atoms with Gasteiger partial charge in [-0.3, -0.25) is 4.68 Å². The highest BCUT2D eigenvalue weighted by molar-refractivity contribution is 5.15. The first kappa shape index (κ1) is 12.6. The first-order chi connectivity index (χ1) is 8.10. The maximum atomic E-state index is 4.44. The van der Waals surface area contributed by atoms with Gasteiger partial charge < -0.3 is 5.32 Å². The summed E-state index contributed by atoms with van der Waals surface area (Å²) in [5.74, 6) is 0.759. The molecule has 0 amide bonds. The Bertz CT molecular complexity index is 367. The number of hydrogen-bond donors (Lipinski definition) is 1. The van der Waals surface area contributed by atoms with E-state index in [2.05, 4.69) is 48.9 Å². The average molecular weight is 235 g/mol. The van der Waals surface area contributed by atoms with Crippen molar-refractivity contribution in [2.45, 2.75) is 53.1 Å². The van der Waals surface area contributed by atoms with E-state index >= 15 is 0 Å². The third-order valence-corrected chi connectivity index (χ3v) is 3.92. The highest BCUT2D eigenvalue weighted by Crippen LogP contribution is 2.57. The molecule has 1 aliphatic rings. The van der Waals surface area contributed by atoms with Crippen molar-refractivity contribution in [3.8, 4) is 0 Å². The van der Waals surface area contributed by atoms with Gasteiger partial charge in [0.05, 0.1) is 11.7 Å². The molecule has 1 aromatic heterocycles. The van der Waals surface area contributed by atoms with Crippen LogP contribution in [-0.4, -0.2) is 16.3 Å².